The molecule has 2 saturated carbocycles. The largest absolute Gasteiger partial charge is 0.490 e. The molecular weight excluding hydrogens is 830 g/mol. The van der Waals surface area contributed by atoms with Crippen LogP contribution >= 0.6 is 11.6 Å². The number of fused-ring (bicyclic) bond motifs is 1. The number of amides is 1. The molecule has 0 radical (unpaired) electrons. The van der Waals surface area contributed by atoms with Crippen LogP contribution in [0.5, 0.6) is 11.5 Å². The number of anilines is 1. The molecule has 2 N–H and O–H groups in total. The SMILES string of the molecule is Cn1cc(-c2cc(C3CCCS3(=O)=O)ccc2O[C@H]2C[C@H](OCC3CCN(c4ccc(C(=O)N[C@H]5CC[C@H](Oc6ccc(C#N)c(Cl)c6)CC5)nn4)CC3)C2)c2cc[nH]c2c1=O. The van der Waals surface area contributed by atoms with Crippen molar-refractivity contribution in [3.05, 3.63) is 99.2 Å². The van der Waals surface area contributed by atoms with Gasteiger partial charge >= 0.3 is 0 Å². The van der Waals surface area contributed by atoms with Gasteiger partial charge in [0.05, 0.1) is 33.8 Å². The van der Waals surface area contributed by atoms with Crippen LogP contribution in [-0.2, 0) is 21.6 Å². The maximum atomic E-state index is 13.0. The molecule has 1 unspecified atom stereocenters. The molecule has 0 spiro atoms. The van der Waals surface area contributed by atoms with Gasteiger partial charge in [0, 0.05) is 80.6 Å². The number of pyridine rings is 1. The predicted molar refractivity (Wildman–Crippen MR) is 235 cm³/mol. The highest BCUT2D eigenvalue weighted by Crippen LogP contribution is 2.42. The lowest BCUT2D eigenvalue weighted by Gasteiger charge is -2.38. The van der Waals surface area contributed by atoms with E-state index < -0.39 is 15.1 Å². The van der Waals surface area contributed by atoms with Crippen LogP contribution in [-0.4, -0.2) is 83.9 Å². The molecule has 0 bridgehead atoms. The third-order valence-electron chi connectivity index (χ3n) is 13.0. The summed E-state index contributed by atoms with van der Waals surface area (Å²) in [4.78, 5) is 31.2. The Labute approximate surface area is 365 Å². The van der Waals surface area contributed by atoms with E-state index in [1.807, 2.05) is 30.3 Å². The number of benzene rings is 2. The molecule has 1 atom stereocenters. The number of H-pyrrole nitrogens is 1. The van der Waals surface area contributed by atoms with Gasteiger partial charge < -0.3 is 34.0 Å². The van der Waals surface area contributed by atoms with E-state index in [2.05, 4.69) is 31.5 Å². The quantitative estimate of drug-likeness (QED) is 0.131. The average Bonchev–Trinajstić information content (AvgIpc) is 3.90. The van der Waals surface area contributed by atoms with Crippen molar-refractivity contribution in [3.63, 3.8) is 0 Å². The monoisotopic (exact) mass is 879 g/mol. The Hall–Kier alpha value is -5.43. The Morgan fingerprint density at radius 1 is 0.935 bits per heavy atom. The van der Waals surface area contributed by atoms with Gasteiger partial charge in [0.15, 0.2) is 21.3 Å². The second kappa shape index (κ2) is 17.7. The van der Waals surface area contributed by atoms with Crippen molar-refractivity contribution in [2.24, 2.45) is 13.0 Å². The number of piperidine rings is 1. The number of hydrogen-bond donors (Lipinski definition) is 2. The third-order valence-corrected chi connectivity index (χ3v) is 15.5. The number of aromatic amines is 1. The second-order valence-electron chi connectivity index (χ2n) is 17.2. The number of rotatable bonds is 12. The Morgan fingerprint density at radius 2 is 1.74 bits per heavy atom. The summed E-state index contributed by atoms with van der Waals surface area (Å²) in [5.74, 6) is 2.45. The summed E-state index contributed by atoms with van der Waals surface area (Å²) in [5, 5.41) is 21.5. The number of carbonyl (C=O) groups excluding carboxylic acids is 1. The topological polar surface area (TPSA) is 182 Å². The van der Waals surface area contributed by atoms with E-state index in [0.29, 0.717) is 58.7 Å². The summed E-state index contributed by atoms with van der Waals surface area (Å²) in [6.45, 7) is 2.32. The molecule has 9 rings (SSSR count). The van der Waals surface area contributed by atoms with Crippen LogP contribution in [0.3, 0.4) is 0 Å². The van der Waals surface area contributed by atoms with Crippen LogP contribution in [0.4, 0.5) is 5.82 Å². The number of hydrogen-bond acceptors (Lipinski definition) is 11. The predicted octanol–water partition coefficient (Wildman–Crippen LogP) is 7.06. The highest BCUT2D eigenvalue weighted by molar-refractivity contribution is 7.91. The number of ether oxygens (including phenoxy) is 3. The molecule has 4 fully saturated rings. The Kier molecular flexibility index (Phi) is 12.0. The molecule has 2 saturated heterocycles. The van der Waals surface area contributed by atoms with Gasteiger partial charge in [-0.25, -0.2) is 8.42 Å². The van der Waals surface area contributed by atoms with E-state index in [4.69, 9.17) is 31.1 Å². The fraction of sp³-hybridized carbons (Fsp3) is 0.457. The molecule has 5 heterocycles. The van der Waals surface area contributed by atoms with Gasteiger partial charge in [0.1, 0.15) is 29.2 Å². The Balaban J connectivity index is 0.726. The number of aryl methyl sites for hydroxylation is 1. The highest BCUT2D eigenvalue weighted by atomic mass is 35.5. The van der Waals surface area contributed by atoms with E-state index in [0.717, 1.165) is 92.4 Å². The maximum absolute atomic E-state index is 13.0. The Morgan fingerprint density at radius 3 is 2.45 bits per heavy atom. The van der Waals surface area contributed by atoms with Crippen molar-refractivity contribution in [1.82, 2.24) is 25.1 Å². The van der Waals surface area contributed by atoms with Crippen molar-refractivity contribution >= 4 is 44.1 Å². The van der Waals surface area contributed by atoms with Crippen molar-refractivity contribution in [3.8, 4) is 28.7 Å². The smallest absolute Gasteiger partial charge is 0.274 e. The molecule has 2 aliphatic heterocycles. The van der Waals surface area contributed by atoms with Gasteiger partial charge in [-0.1, -0.05) is 17.7 Å². The lowest BCUT2D eigenvalue weighted by Crippen LogP contribution is -2.41. The second-order valence-corrected chi connectivity index (χ2v) is 19.9. The van der Waals surface area contributed by atoms with Crippen molar-refractivity contribution in [2.45, 2.75) is 93.8 Å². The molecule has 2 aliphatic carbocycles. The number of aromatic nitrogens is 4. The van der Waals surface area contributed by atoms with Crippen LogP contribution in [0.25, 0.3) is 22.0 Å². The molecule has 16 heteroatoms. The molecule has 2 aromatic carbocycles. The van der Waals surface area contributed by atoms with Gasteiger partial charge in [0.25, 0.3) is 11.5 Å². The van der Waals surface area contributed by atoms with Crippen LogP contribution in [0.1, 0.15) is 91.1 Å². The van der Waals surface area contributed by atoms with E-state index in [9.17, 15) is 18.0 Å². The summed E-state index contributed by atoms with van der Waals surface area (Å²) in [6.07, 6.45) is 11.4. The number of nitrogens with zero attached hydrogens (tertiary/aromatic N) is 5. The number of nitriles is 1. The lowest BCUT2D eigenvalue weighted by atomic mass is 9.90. The molecule has 14 nitrogen and oxygen atoms in total. The van der Waals surface area contributed by atoms with E-state index in [-0.39, 0.29) is 41.6 Å². The third kappa shape index (κ3) is 8.91. The zero-order valence-electron chi connectivity index (χ0n) is 34.6. The van der Waals surface area contributed by atoms with Crippen LogP contribution in [0.2, 0.25) is 5.02 Å². The van der Waals surface area contributed by atoms with Gasteiger partial charge in [0.2, 0.25) is 0 Å². The molecule has 5 aromatic rings. The van der Waals surface area contributed by atoms with Gasteiger partial charge in [-0.15, -0.1) is 10.2 Å². The summed E-state index contributed by atoms with van der Waals surface area (Å²) in [6, 6.07) is 18.4. The zero-order chi connectivity index (χ0) is 43.0. The van der Waals surface area contributed by atoms with E-state index >= 15 is 0 Å². The van der Waals surface area contributed by atoms with Crippen LogP contribution in [0, 0.1) is 17.2 Å². The molecule has 1 amide bonds. The first-order valence-electron chi connectivity index (χ1n) is 21.6. The molecule has 62 heavy (non-hydrogen) atoms. The van der Waals surface area contributed by atoms with Gasteiger partial charge in [-0.05, 0) is 105 Å². The molecule has 324 valence electrons. The first-order chi connectivity index (χ1) is 30.0. The normalized spacial score (nSPS) is 23.7. The summed E-state index contributed by atoms with van der Waals surface area (Å²) >= 11 is 6.15. The summed E-state index contributed by atoms with van der Waals surface area (Å²) in [5.41, 5.74) is 3.41. The first-order valence-corrected chi connectivity index (χ1v) is 23.7. The minimum Gasteiger partial charge on any atom is -0.490 e. The molecule has 3 aromatic heterocycles. The average molecular weight is 880 g/mol. The van der Waals surface area contributed by atoms with Crippen molar-refractivity contribution < 1.29 is 27.4 Å². The standard InChI is InChI=1S/C46H50ClN7O7S/c1-53-26-38(36-14-17-49-44(36)46(53)56)37-21-29(42-3-2-20-62(42,57)58)5-12-41(37)61-35-22-34(23-35)59-27-28-15-18-54(19-16-28)43-13-11-40(51-52-43)45(55)50-31-6-9-32(10-7-31)60-33-8-4-30(25-48)39(47)24-33/h4-5,8,11-14,17,21,24,26,28,31-32,34-35,42,49H,2-3,6-7,9-10,15-16,18-20,22-23,27H2,1H3,(H,50,55)/t31-,32-,34-,35-,42?. The number of sulfone groups is 1. The fourth-order valence-electron chi connectivity index (χ4n) is 9.29. The maximum Gasteiger partial charge on any atom is 0.274 e. The minimum atomic E-state index is -3.22. The summed E-state index contributed by atoms with van der Waals surface area (Å²) in [7, 11) is -1.51. The van der Waals surface area contributed by atoms with E-state index in [1.54, 1.807) is 48.3 Å². The van der Waals surface area contributed by atoms with Gasteiger partial charge in [-0.3, -0.25) is 9.59 Å². The van der Waals surface area contributed by atoms with E-state index in [1.165, 1.54) is 0 Å². The minimum absolute atomic E-state index is 0.0168. The van der Waals surface area contributed by atoms with Crippen molar-refractivity contribution in [1.29, 1.82) is 5.26 Å². The number of nitrogens with one attached hydrogen (secondary N) is 2. The first kappa shape index (κ1) is 41.9. The van der Waals surface area contributed by atoms with Crippen LogP contribution < -0.4 is 25.2 Å². The van der Waals surface area contributed by atoms with Gasteiger partial charge in [-0.2, -0.15) is 5.26 Å². The number of halogens is 1. The summed E-state index contributed by atoms with van der Waals surface area (Å²) < 4.78 is 46.4. The van der Waals surface area contributed by atoms with Crippen LogP contribution in [0.15, 0.2) is 71.8 Å². The zero-order valence-corrected chi connectivity index (χ0v) is 36.2. The molecule has 4 aliphatic rings. The fourth-order valence-corrected chi connectivity index (χ4v) is 11.4. The Bertz CT molecular complexity index is 2660. The number of carbonyl (C=O) groups is 1. The highest BCUT2D eigenvalue weighted by Gasteiger charge is 2.36. The molecular formula is C46H50ClN7O7S. The van der Waals surface area contributed by atoms with Crippen molar-refractivity contribution in [2.75, 3.05) is 30.3 Å². The lowest BCUT2D eigenvalue weighted by molar-refractivity contribution is -0.0727.